The highest BCUT2D eigenvalue weighted by Gasteiger charge is 2.26. The molecular weight excluding hydrogens is 942 g/mol. The van der Waals surface area contributed by atoms with E-state index in [2.05, 4.69) is 92.8 Å². The number of phosphoric acid groups is 1. The predicted octanol–water partition coefficient (Wildman–Crippen LogP) is 19.5. The molecule has 0 spiro atoms. The van der Waals surface area contributed by atoms with Crippen LogP contribution in [0.3, 0.4) is 0 Å². The molecule has 10 heteroatoms. The van der Waals surface area contributed by atoms with E-state index in [-0.39, 0.29) is 32.6 Å². The normalized spacial score (nSPS) is 13.6. The van der Waals surface area contributed by atoms with Gasteiger partial charge in [-0.15, -0.1) is 0 Å². The lowest BCUT2D eigenvalue weighted by Crippen LogP contribution is -2.29. The second-order valence-corrected chi connectivity index (χ2v) is 21.7. The fraction of sp³-hybridized carbons (Fsp3) is 0.750. The summed E-state index contributed by atoms with van der Waals surface area (Å²) in [4.78, 5) is 35.2. The average Bonchev–Trinajstić information content (AvgIpc) is 3.39. The van der Waals surface area contributed by atoms with Gasteiger partial charge >= 0.3 is 19.8 Å². The van der Waals surface area contributed by atoms with E-state index >= 15 is 0 Å². The first-order valence-electron chi connectivity index (χ1n) is 30.6. The van der Waals surface area contributed by atoms with E-state index < -0.39 is 32.5 Å². The standard InChI is InChI=1S/C64H114NO8P/c1-3-5-7-9-11-13-15-17-19-21-23-25-27-28-29-30-31-32-33-35-36-38-40-42-44-46-48-50-52-54-56-63(66)70-60-62(61-72-74(68,69)71-59-58-65)73-64(67)57-55-53-51-49-47-45-43-41-39-37-34-26-24-22-20-18-16-14-12-10-8-6-4-2/h6,8,12,14,18,20,24,26,37,39,43,45,49,51,62H,3-5,7,9-11,13,15-17,19,21-23,25,27-36,38,40-42,44,46-48,50,52-61,65H2,1-2H3,(H,68,69)/b8-6-,14-12-,20-18-,26-24-,39-37-,45-43-,51-49-. The lowest BCUT2D eigenvalue weighted by Gasteiger charge is -2.19. The van der Waals surface area contributed by atoms with Crippen LogP contribution in [0.25, 0.3) is 0 Å². The Labute approximate surface area is 455 Å². The zero-order valence-electron chi connectivity index (χ0n) is 47.8. The molecule has 0 bridgehead atoms. The van der Waals surface area contributed by atoms with Crippen molar-refractivity contribution in [2.24, 2.45) is 5.73 Å². The number of esters is 2. The Morgan fingerprint density at radius 3 is 1.09 bits per heavy atom. The van der Waals surface area contributed by atoms with Gasteiger partial charge in [0.05, 0.1) is 13.2 Å². The van der Waals surface area contributed by atoms with Crippen molar-refractivity contribution in [1.82, 2.24) is 0 Å². The van der Waals surface area contributed by atoms with Crippen molar-refractivity contribution in [3.8, 4) is 0 Å². The minimum Gasteiger partial charge on any atom is -0.462 e. The Morgan fingerprint density at radius 2 is 0.743 bits per heavy atom. The number of unbranched alkanes of at least 4 members (excludes halogenated alkanes) is 30. The molecule has 2 unspecified atom stereocenters. The van der Waals surface area contributed by atoms with Gasteiger partial charge in [0, 0.05) is 19.4 Å². The molecule has 0 aliphatic rings. The Kier molecular flexibility index (Phi) is 57.2. The molecule has 0 rings (SSSR count). The van der Waals surface area contributed by atoms with E-state index in [1.54, 1.807) is 0 Å². The van der Waals surface area contributed by atoms with Crippen LogP contribution >= 0.6 is 7.82 Å². The van der Waals surface area contributed by atoms with Crippen molar-refractivity contribution in [2.45, 2.75) is 283 Å². The first-order valence-corrected chi connectivity index (χ1v) is 32.1. The number of hydrogen-bond donors (Lipinski definition) is 2. The summed E-state index contributed by atoms with van der Waals surface area (Å²) in [5.74, 6) is -0.892. The van der Waals surface area contributed by atoms with Gasteiger partial charge in [-0.2, -0.15) is 0 Å². The van der Waals surface area contributed by atoms with E-state index in [1.165, 1.54) is 173 Å². The molecule has 0 saturated carbocycles. The zero-order chi connectivity index (χ0) is 53.8. The van der Waals surface area contributed by atoms with Crippen LogP contribution in [0.2, 0.25) is 0 Å². The van der Waals surface area contributed by atoms with Crippen molar-refractivity contribution in [3.05, 3.63) is 85.1 Å². The molecule has 428 valence electrons. The molecule has 0 saturated heterocycles. The lowest BCUT2D eigenvalue weighted by atomic mass is 10.0. The summed E-state index contributed by atoms with van der Waals surface area (Å²) in [7, 11) is -4.41. The van der Waals surface area contributed by atoms with Crippen molar-refractivity contribution in [3.63, 3.8) is 0 Å². The largest absolute Gasteiger partial charge is 0.472 e. The van der Waals surface area contributed by atoms with Crippen molar-refractivity contribution in [1.29, 1.82) is 0 Å². The van der Waals surface area contributed by atoms with Gasteiger partial charge in [0.15, 0.2) is 6.10 Å². The smallest absolute Gasteiger partial charge is 0.462 e. The summed E-state index contributed by atoms with van der Waals surface area (Å²) >= 11 is 0. The fourth-order valence-corrected chi connectivity index (χ4v) is 9.33. The monoisotopic (exact) mass is 1060 g/mol. The molecule has 0 amide bonds. The van der Waals surface area contributed by atoms with Crippen LogP contribution in [0.5, 0.6) is 0 Å². The number of carbonyl (C=O) groups excluding carboxylic acids is 2. The quantitative estimate of drug-likeness (QED) is 0.0264. The van der Waals surface area contributed by atoms with Crippen molar-refractivity contribution in [2.75, 3.05) is 26.4 Å². The third-order valence-electron chi connectivity index (χ3n) is 13.0. The highest BCUT2D eigenvalue weighted by molar-refractivity contribution is 7.47. The Hall–Kier alpha value is -2.81. The number of nitrogens with two attached hydrogens (primary N) is 1. The molecule has 9 nitrogen and oxygen atoms in total. The van der Waals surface area contributed by atoms with Gasteiger partial charge in [-0.1, -0.05) is 285 Å². The number of allylic oxidation sites excluding steroid dienone is 14. The molecule has 0 aliphatic carbocycles. The van der Waals surface area contributed by atoms with Crippen LogP contribution in [0.15, 0.2) is 85.1 Å². The predicted molar refractivity (Wildman–Crippen MR) is 316 cm³/mol. The van der Waals surface area contributed by atoms with Gasteiger partial charge in [-0.3, -0.25) is 18.6 Å². The minimum atomic E-state index is -4.41. The second kappa shape index (κ2) is 59.4. The highest BCUT2D eigenvalue weighted by Crippen LogP contribution is 2.43. The number of phosphoric ester groups is 1. The molecule has 0 heterocycles. The third kappa shape index (κ3) is 58.5. The number of ether oxygens (including phenoxy) is 2. The average molecular weight is 1060 g/mol. The molecule has 3 N–H and O–H groups in total. The third-order valence-corrected chi connectivity index (χ3v) is 14.0. The molecule has 0 aliphatic heterocycles. The van der Waals surface area contributed by atoms with E-state index in [9.17, 15) is 19.0 Å². The molecule has 0 aromatic heterocycles. The van der Waals surface area contributed by atoms with Crippen LogP contribution in [0.1, 0.15) is 277 Å². The molecule has 0 radical (unpaired) electrons. The molecule has 0 aromatic carbocycles. The molecule has 0 aromatic rings. The molecule has 74 heavy (non-hydrogen) atoms. The summed E-state index contributed by atoms with van der Waals surface area (Å²) in [5.41, 5.74) is 5.38. The maximum atomic E-state index is 12.7. The maximum Gasteiger partial charge on any atom is 0.472 e. The van der Waals surface area contributed by atoms with Gasteiger partial charge in [-0.05, 0) is 64.2 Å². The van der Waals surface area contributed by atoms with Crippen LogP contribution in [-0.2, 0) is 32.7 Å². The Morgan fingerprint density at radius 1 is 0.419 bits per heavy atom. The summed E-state index contributed by atoms with van der Waals surface area (Å²) in [5, 5.41) is 0. The SMILES string of the molecule is CC/C=C\C/C=C\C/C=C\C/C=C\C/C=C\C/C=C\C/C=C\CCCC(=O)OC(COC(=O)CCCCCCCCCCCCCCCCCCCCCCCCCCCCCCCC)COP(=O)(O)OCCN. The Bertz CT molecular complexity index is 1480. The minimum absolute atomic E-state index is 0.0412. The van der Waals surface area contributed by atoms with Crippen LogP contribution in [0.4, 0.5) is 0 Å². The van der Waals surface area contributed by atoms with E-state index in [1.807, 2.05) is 6.08 Å². The first kappa shape index (κ1) is 71.2. The van der Waals surface area contributed by atoms with Crippen molar-refractivity contribution < 1.29 is 37.6 Å². The summed E-state index contributed by atoms with van der Waals surface area (Å²) in [6, 6.07) is 0. The second-order valence-electron chi connectivity index (χ2n) is 20.2. The number of hydrogen-bond acceptors (Lipinski definition) is 8. The molecule has 2 atom stereocenters. The van der Waals surface area contributed by atoms with Gasteiger partial charge in [0.25, 0.3) is 0 Å². The summed E-state index contributed by atoms with van der Waals surface area (Å²) < 4.78 is 33.0. The van der Waals surface area contributed by atoms with E-state index in [0.717, 1.165) is 64.2 Å². The zero-order valence-corrected chi connectivity index (χ0v) is 48.7. The van der Waals surface area contributed by atoms with Gasteiger partial charge in [0.2, 0.25) is 0 Å². The number of rotatable bonds is 57. The van der Waals surface area contributed by atoms with Gasteiger partial charge < -0.3 is 20.1 Å². The maximum absolute atomic E-state index is 12.7. The van der Waals surface area contributed by atoms with E-state index in [4.69, 9.17) is 24.3 Å². The fourth-order valence-electron chi connectivity index (χ4n) is 8.57. The Balaban J connectivity index is 3.98. The summed E-state index contributed by atoms with van der Waals surface area (Å²) in [6.07, 6.45) is 78.1. The lowest BCUT2D eigenvalue weighted by molar-refractivity contribution is -0.161. The number of carbonyl (C=O) groups is 2. The highest BCUT2D eigenvalue weighted by atomic mass is 31.2. The van der Waals surface area contributed by atoms with Crippen molar-refractivity contribution >= 4 is 19.8 Å². The van der Waals surface area contributed by atoms with E-state index in [0.29, 0.717) is 12.8 Å². The van der Waals surface area contributed by atoms with Crippen LogP contribution < -0.4 is 5.73 Å². The van der Waals surface area contributed by atoms with Gasteiger partial charge in [-0.25, -0.2) is 4.57 Å². The van der Waals surface area contributed by atoms with Crippen LogP contribution in [0, 0.1) is 0 Å². The van der Waals surface area contributed by atoms with Crippen LogP contribution in [-0.4, -0.2) is 49.3 Å². The first-order chi connectivity index (χ1) is 36.3. The molecule has 0 fully saturated rings. The topological polar surface area (TPSA) is 134 Å². The molecular formula is C64H114NO8P. The van der Waals surface area contributed by atoms with Gasteiger partial charge in [0.1, 0.15) is 6.61 Å². The summed E-state index contributed by atoms with van der Waals surface area (Å²) in [6.45, 7) is 3.59.